The molecule has 0 atom stereocenters. The second-order valence-corrected chi connectivity index (χ2v) is 8.02. The lowest BCUT2D eigenvalue weighted by atomic mass is 10.0. The number of hydrogen-bond acceptors (Lipinski definition) is 5. The average molecular weight is 445 g/mol. The second kappa shape index (κ2) is 10.3. The van der Waals surface area contributed by atoms with Gasteiger partial charge in [0.15, 0.2) is 0 Å². The minimum atomic E-state index is -0.120. The third kappa shape index (κ3) is 5.56. The molecule has 0 aliphatic carbocycles. The van der Waals surface area contributed by atoms with Crippen LogP contribution in [0.1, 0.15) is 27.9 Å². The Morgan fingerprint density at radius 1 is 0.970 bits per heavy atom. The fourth-order valence-electron chi connectivity index (χ4n) is 3.75. The molecular formula is C26H28N4O3. The van der Waals surface area contributed by atoms with Crippen LogP contribution in [-0.4, -0.2) is 39.7 Å². The summed E-state index contributed by atoms with van der Waals surface area (Å²) in [6.45, 7) is 5.23. The van der Waals surface area contributed by atoms with Crippen molar-refractivity contribution < 1.29 is 9.47 Å². The summed E-state index contributed by atoms with van der Waals surface area (Å²) in [5, 5.41) is 4.43. The highest BCUT2D eigenvalue weighted by atomic mass is 16.5. The first kappa shape index (κ1) is 22.5. The highest BCUT2D eigenvalue weighted by Gasteiger charge is 2.12. The van der Waals surface area contributed by atoms with E-state index in [2.05, 4.69) is 29.1 Å². The van der Waals surface area contributed by atoms with Gasteiger partial charge in [-0.25, -0.2) is 9.67 Å². The number of aryl methyl sites for hydroxylation is 2. The van der Waals surface area contributed by atoms with E-state index >= 15 is 0 Å². The quantitative estimate of drug-likeness (QED) is 0.368. The molecule has 170 valence electrons. The maximum absolute atomic E-state index is 13.2. The maximum Gasteiger partial charge on any atom is 0.270 e. The Morgan fingerprint density at radius 2 is 1.79 bits per heavy atom. The first-order valence-corrected chi connectivity index (χ1v) is 10.9. The van der Waals surface area contributed by atoms with E-state index in [1.165, 1.54) is 4.68 Å². The lowest BCUT2D eigenvalue weighted by molar-refractivity contribution is 0.142. The van der Waals surface area contributed by atoms with E-state index in [0.717, 1.165) is 28.1 Å². The van der Waals surface area contributed by atoms with E-state index in [9.17, 15) is 4.79 Å². The molecule has 0 spiro atoms. The largest absolute Gasteiger partial charge is 0.474 e. The number of ether oxygens (including phenoxy) is 2. The zero-order valence-corrected chi connectivity index (χ0v) is 19.2. The van der Waals surface area contributed by atoms with Crippen LogP contribution >= 0.6 is 0 Å². The number of benzene rings is 2. The van der Waals surface area contributed by atoms with Crippen molar-refractivity contribution in [2.24, 2.45) is 0 Å². The highest BCUT2D eigenvalue weighted by molar-refractivity contribution is 5.44. The van der Waals surface area contributed by atoms with Crippen molar-refractivity contribution in [2.75, 3.05) is 20.3 Å². The van der Waals surface area contributed by atoms with Crippen molar-refractivity contribution in [2.45, 2.75) is 26.8 Å². The predicted octanol–water partition coefficient (Wildman–Crippen LogP) is 3.71. The third-order valence-electron chi connectivity index (χ3n) is 5.38. The fourth-order valence-corrected chi connectivity index (χ4v) is 3.75. The molecule has 4 rings (SSSR count). The van der Waals surface area contributed by atoms with Crippen molar-refractivity contribution >= 4 is 0 Å². The van der Waals surface area contributed by atoms with Gasteiger partial charge in [0.25, 0.3) is 5.56 Å². The van der Waals surface area contributed by atoms with Gasteiger partial charge in [0.1, 0.15) is 6.61 Å². The molecule has 0 aliphatic heterocycles. The van der Waals surface area contributed by atoms with Crippen LogP contribution in [0.25, 0.3) is 5.69 Å². The predicted molar refractivity (Wildman–Crippen MR) is 127 cm³/mol. The van der Waals surface area contributed by atoms with Crippen molar-refractivity contribution in [1.29, 1.82) is 0 Å². The molecule has 0 radical (unpaired) electrons. The smallest absolute Gasteiger partial charge is 0.270 e. The molecule has 2 aromatic heterocycles. The lowest BCUT2D eigenvalue weighted by Gasteiger charge is -2.13. The van der Waals surface area contributed by atoms with E-state index in [4.69, 9.17) is 9.47 Å². The molecule has 7 heteroatoms. The summed E-state index contributed by atoms with van der Waals surface area (Å²) in [5.41, 5.74) is 5.71. The van der Waals surface area contributed by atoms with Gasteiger partial charge in [-0.15, -0.1) is 5.10 Å². The molecule has 2 aromatic carbocycles. The Morgan fingerprint density at radius 3 is 2.48 bits per heavy atom. The van der Waals surface area contributed by atoms with E-state index in [1.807, 2.05) is 60.4 Å². The molecule has 0 aliphatic rings. The summed E-state index contributed by atoms with van der Waals surface area (Å²) < 4.78 is 14.3. The Kier molecular flexibility index (Phi) is 7.00. The van der Waals surface area contributed by atoms with Gasteiger partial charge >= 0.3 is 0 Å². The van der Waals surface area contributed by atoms with Crippen molar-refractivity contribution in [3.8, 4) is 11.6 Å². The molecule has 33 heavy (non-hydrogen) atoms. The summed E-state index contributed by atoms with van der Waals surface area (Å²) >= 11 is 0. The normalized spacial score (nSPS) is 11.0. The Bertz CT molecular complexity index is 1280. The molecule has 0 fully saturated rings. The lowest BCUT2D eigenvalue weighted by Crippen LogP contribution is -2.27. The monoisotopic (exact) mass is 444 g/mol. The van der Waals surface area contributed by atoms with E-state index in [1.54, 1.807) is 13.2 Å². The van der Waals surface area contributed by atoms with Crippen LogP contribution in [0.5, 0.6) is 5.88 Å². The van der Waals surface area contributed by atoms with Gasteiger partial charge in [0.05, 0.1) is 25.2 Å². The van der Waals surface area contributed by atoms with Crippen LogP contribution in [0.15, 0.2) is 71.9 Å². The summed E-state index contributed by atoms with van der Waals surface area (Å²) in [4.78, 5) is 17.6. The van der Waals surface area contributed by atoms with Crippen molar-refractivity contribution in [3.05, 3.63) is 105 Å². The zero-order valence-electron chi connectivity index (χ0n) is 19.2. The van der Waals surface area contributed by atoms with Crippen molar-refractivity contribution in [1.82, 2.24) is 19.3 Å². The molecular weight excluding hydrogens is 416 g/mol. The van der Waals surface area contributed by atoms with E-state index in [-0.39, 0.29) is 5.56 Å². The molecule has 4 aromatic rings. The van der Waals surface area contributed by atoms with Gasteiger partial charge in [-0.05, 0) is 36.6 Å². The molecule has 0 saturated carbocycles. The number of aromatic nitrogens is 4. The summed E-state index contributed by atoms with van der Waals surface area (Å²) in [5.74, 6) is 0.416. The fraction of sp³-hybridized carbons (Fsp3) is 0.269. The van der Waals surface area contributed by atoms with Gasteiger partial charge in [0, 0.05) is 37.0 Å². The Balaban J connectivity index is 1.64. The van der Waals surface area contributed by atoms with Crippen LogP contribution in [0.2, 0.25) is 0 Å². The minimum Gasteiger partial charge on any atom is -0.474 e. The van der Waals surface area contributed by atoms with Crippen LogP contribution in [-0.2, 0) is 17.7 Å². The number of rotatable bonds is 9. The topological polar surface area (TPSA) is 71.2 Å². The molecule has 2 heterocycles. The van der Waals surface area contributed by atoms with Gasteiger partial charge < -0.3 is 14.0 Å². The summed E-state index contributed by atoms with van der Waals surface area (Å²) in [7, 11) is 1.62. The van der Waals surface area contributed by atoms with Crippen LogP contribution < -0.4 is 10.3 Å². The molecule has 0 amide bonds. The van der Waals surface area contributed by atoms with Gasteiger partial charge in [-0.1, -0.05) is 42.5 Å². The molecule has 0 saturated heterocycles. The van der Waals surface area contributed by atoms with E-state index in [0.29, 0.717) is 37.6 Å². The molecule has 7 nitrogen and oxygen atoms in total. The molecule has 0 bridgehead atoms. The first-order valence-electron chi connectivity index (χ1n) is 10.9. The number of nitrogens with zero attached hydrogens (tertiary/aromatic N) is 4. The molecule has 0 N–H and O–H groups in total. The third-order valence-corrected chi connectivity index (χ3v) is 5.38. The first-order chi connectivity index (χ1) is 16.0. The highest BCUT2D eigenvalue weighted by Crippen LogP contribution is 2.19. The van der Waals surface area contributed by atoms with Crippen molar-refractivity contribution in [3.63, 3.8) is 0 Å². The molecule has 0 unspecified atom stereocenters. The van der Waals surface area contributed by atoms with Gasteiger partial charge in [-0.3, -0.25) is 4.79 Å². The Hall–Kier alpha value is -3.71. The minimum absolute atomic E-state index is 0.120. The SMILES string of the molecule is COCCOc1cc(Cc2ccc(-n3cnc(C)c3)c(C)c2)c(=O)n(Cc2ccccc2)n1. The number of hydrogen-bond donors (Lipinski definition) is 0. The average Bonchev–Trinajstić information content (AvgIpc) is 3.23. The second-order valence-electron chi connectivity index (χ2n) is 8.02. The Labute approximate surface area is 193 Å². The maximum atomic E-state index is 13.2. The van der Waals surface area contributed by atoms with Gasteiger partial charge in [-0.2, -0.15) is 0 Å². The van der Waals surface area contributed by atoms with Gasteiger partial charge in [0.2, 0.25) is 5.88 Å². The summed E-state index contributed by atoms with van der Waals surface area (Å²) in [6.07, 6.45) is 4.30. The zero-order chi connectivity index (χ0) is 23.2. The standard InChI is InChI=1S/C26H28N4O3/c1-19-13-22(9-10-24(19)29-16-20(2)27-18-29)14-23-15-25(33-12-11-32-3)28-30(26(23)31)17-21-7-5-4-6-8-21/h4-10,13,15-16,18H,11-12,14,17H2,1-3H3. The van der Waals surface area contributed by atoms with Crippen LogP contribution in [0.4, 0.5) is 0 Å². The van der Waals surface area contributed by atoms with E-state index < -0.39 is 0 Å². The summed E-state index contributed by atoms with van der Waals surface area (Å²) in [6, 6.07) is 17.8. The number of imidazole rings is 1. The van der Waals surface area contributed by atoms with Crippen LogP contribution in [0.3, 0.4) is 0 Å². The van der Waals surface area contributed by atoms with Crippen LogP contribution in [0, 0.1) is 13.8 Å². The number of methoxy groups -OCH3 is 1.